The minimum atomic E-state index is -1.02. The number of hydrogen-bond donors (Lipinski definition) is 1. The molecule has 0 aromatic heterocycles. The lowest BCUT2D eigenvalue weighted by Crippen LogP contribution is -2.29. The zero-order chi connectivity index (χ0) is 26.0. The summed E-state index contributed by atoms with van der Waals surface area (Å²) >= 11 is 6.30. The number of methoxy groups -OCH3 is 1. The number of halogens is 2. The molecule has 0 saturated carbocycles. The highest BCUT2D eigenvalue weighted by atomic mass is 35.5. The molecule has 3 aromatic carbocycles. The summed E-state index contributed by atoms with van der Waals surface area (Å²) in [6, 6.07) is 15.7. The first-order valence-electron chi connectivity index (χ1n) is 11.3. The molecule has 186 valence electrons. The molecule has 1 unspecified atom stereocenters. The van der Waals surface area contributed by atoms with Gasteiger partial charge in [-0.05, 0) is 53.9 Å². The Labute approximate surface area is 213 Å². The number of anilines is 1. The lowest BCUT2D eigenvalue weighted by Gasteiger charge is -2.26. The SMILES string of the molecule is COc1ccc(N2C(=O)C(=O)/C(=C(/O)c3cccc(OCC(C)C)c3)C2c2ccc(F)cc2)cc1Cl. The summed E-state index contributed by atoms with van der Waals surface area (Å²) in [5.41, 5.74) is 0.954. The average molecular weight is 510 g/mol. The fourth-order valence-corrected chi connectivity index (χ4v) is 4.27. The molecule has 6 nitrogen and oxygen atoms in total. The highest BCUT2D eigenvalue weighted by molar-refractivity contribution is 6.51. The van der Waals surface area contributed by atoms with E-state index in [9.17, 15) is 19.1 Å². The summed E-state index contributed by atoms with van der Waals surface area (Å²) in [4.78, 5) is 27.8. The van der Waals surface area contributed by atoms with Gasteiger partial charge in [0.25, 0.3) is 11.7 Å². The van der Waals surface area contributed by atoms with Crippen LogP contribution in [0.2, 0.25) is 5.02 Å². The average Bonchev–Trinajstić information content (AvgIpc) is 3.13. The van der Waals surface area contributed by atoms with Gasteiger partial charge in [-0.2, -0.15) is 0 Å². The van der Waals surface area contributed by atoms with E-state index in [-0.39, 0.29) is 16.4 Å². The van der Waals surface area contributed by atoms with Crippen molar-refractivity contribution in [2.24, 2.45) is 5.92 Å². The first-order chi connectivity index (χ1) is 17.2. The standard InChI is InChI=1S/C28H25ClFNO5/c1-16(2)15-36-21-6-4-5-18(13-21)26(32)24-25(17-7-9-19(30)10-8-17)31(28(34)27(24)33)20-11-12-23(35-3)22(29)14-20/h4-14,16,25,32H,15H2,1-3H3/b26-24+. The van der Waals surface area contributed by atoms with E-state index in [2.05, 4.69) is 0 Å². The number of benzene rings is 3. The first-order valence-corrected chi connectivity index (χ1v) is 11.7. The number of amides is 1. The second-order valence-electron chi connectivity index (χ2n) is 8.77. The van der Waals surface area contributed by atoms with Crippen LogP contribution in [0.4, 0.5) is 10.1 Å². The number of aliphatic hydroxyl groups is 1. The predicted molar refractivity (Wildman–Crippen MR) is 136 cm³/mol. The van der Waals surface area contributed by atoms with Gasteiger partial charge in [0.1, 0.15) is 23.1 Å². The molecule has 1 N–H and O–H groups in total. The van der Waals surface area contributed by atoms with Gasteiger partial charge in [0.15, 0.2) is 0 Å². The number of nitrogens with zero attached hydrogens (tertiary/aromatic N) is 1. The molecule has 1 heterocycles. The summed E-state index contributed by atoms with van der Waals surface area (Å²) in [5.74, 6) is -1.35. The van der Waals surface area contributed by atoms with Crippen LogP contribution in [0.1, 0.15) is 31.0 Å². The van der Waals surface area contributed by atoms with Gasteiger partial charge < -0.3 is 14.6 Å². The van der Waals surface area contributed by atoms with Crippen molar-refractivity contribution in [3.05, 3.63) is 94.3 Å². The molecule has 4 rings (SSSR count). The van der Waals surface area contributed by atoms with E-state index < -0.39 is 23.5 Å². The van der Waals surface area contributed by atoms with E-state index >= 15 is 0 Å². The molecular weight excluding hydrogens is 485 g/mol. The Hall–Kier alpha value is -3.84. The lowest BCUT2D eigenvalue weighted by atomic mass is 9.95. The molecule has 1 atom stereocenters. The molecule has 0 bridgehead atoms. The van der Waals surface area contributed by atoms with E-state index in [1.165, 1.54) is 42.3 Å². The molecule has 1 fully saturated rings. The Bertz CT molecular complexity index is 1340. The monoisotopic (exact) mass is 509 g/mol. The zero-order valence-electron chi connectivity index (χ0n) is 20.0. The summed E-state index contributed by atoms with van der Waals surface area (Å²) in [7, 11) is 1.46. The van der Waals surface area contributed by atoms with E-state index in [4.69, 9.17) is 21.1 Å². The highest BCUT2D eigenvalue weighted by Crippen LogP contribution is 2.43. The topological polar surface area (TPSA) is 76.1 Å². The number of ether oxygens (including phenoxy) is 2. The van der Waals surface area contributed by atoms with Crippen LogP contribution in [0.25, 0.3) is 5.76 Å². The van der Waals surface area contributed by atoms with Crippen LogP contribution in [-0.4, -0.2) is 30.5 Å². The fraction of sp³-hybridized carbons (Fsp3) is 0.214. The number of hydrogen-bond acceptors (Lipinski definition) is 5. The molecule has 0 aliphatic carbocycles. The lowest BCUT2D eigenvalue weighted by molar-refractivity contribution is -0.132. The van der Waals surface area contributed by atoms with Crippen LogP contribution in [0.15, 0.2) is 72.3 Å². The Balaban J connectivity index is 1.87. The predicted octanol–water partition coefficient (Wildman–Crippen LogP) is 6.15. The number of ketones is 1. The number of Topliss-reactive ketones (excluding diaryl/α,β-unsaturated/α-hetero) is 1. The van der Waals surface area contributed by atoms with Gasteiger partial charge in [0.2, 0.25) is 0 Å². The fourth-order valence-electron chi connectivity index (χ4n) is 4.02. The third-order valence-electron chi connectivity index (χ3n) is 5.73. The minimum Gasteiger partial charge on any atom is -0.507 e. The molecule has 1 aliphatic heterocycles. The van der Waals surface area contributed by atoms with Gasteiger partial charge in [0.05, 0.1) is 30.4 Å². The van der Waals surface area contributed by atoms with E-state index in [1.54, 1.807) is 36.4 Å². The summed E-state index contributed by atoms with van der Waals surface area (Å²) in [6.45, 7) is 4.50. The van der Waals surface area contributed by atoms with Crippen molar-refractivity contribution >= 4 is 34.7 Å². The van der Waals surface area contributed by atoms with Crippen LogP contribution in [0, 0.1) is 11.7 Å². The molecule has 1 aliphatic rings. The Kier molecular flexibility index (Phi) is 7.31. The number of carbonyl (C=O) groups excluding carboxylic acids is 2. The summed E-state index contributed by atoms with van der Waals surface area (Å²) in [5, 5.41) is 11.5. The minimum absolute atomic E-state index is 0.125. The third kappa shape index (κ3) is 4.93. The highest BCUT2D eigenvalue weighted by Gasteiger charge is 2.47. The maximum atomic E-state index is 13.7. The number of aliphatic hydroxyl groups excluding tert-OH is 1. The van der Waals surface area contributed by atoms with Gasteiger partial charge in [-0.1, -0.05) is 49.7 Å². The molecule has 1 amide bonds. The Morgan fingerprint density at radius 2 is 1.81 bits per heavy atom. The quantitative estimate of drug-likeness (QED) is 0.235. The third-order valence-corrected chi connectivity index (χ3v) is 6.03. The van der Waals surface area contributed by atoms with E-state index in [0.717, 1.165) is 0 Å². The summed E-state index contributed by atoms with van der Waals surface area (Å²) in [6.07, 6.45) is 0. The molecular formula is C28H25ClFNO5. The van der Waals surface area contributed by atoms with Crippen molar-refractivity contribution in [1.29, 1.82) is 0 Å². The van der Waals surface area contributed by atoms with Crippen molar-refractivity contribution < 1.29 is 28.6 Å². The second-order valence-corrected chi connectivity index (χ2v) is 9.18. The van der Waals surface area contributed by atoms with E-state index in [1.807, 2.05) is 13.8 Å². The van der Waals surface area contributed by atoms with Gasteiger partial charge in [-0.25, -0.2) is 4.39 Å². The van der Waals surface area contributed by atoms with Crippen molar-refractivity contribution in [1.82, 2.24) is 0 Å². The molecule has 8 heteroatoms. The maximum Gasteiger partial charge on any atom is 0.300 e. The van der Waals surface area contributed by atoms with Crippen LogP contribution in [-0.2, 0) is 9.59 Å². The Morgan fingerprint density at radius 1 is 1.08 bits per heavy atom. The molecule has 3 aromatic rings. The Morgan fingerprint density at radius 3 is 2.44 bits per heavy atom. The largest absolute Gasteiger partial charge is 0.507 e. The first kappa shape index (κ1) is 25.3. The van der Waals surface area contributed by atoms with Gasteiger partial charge in [-0.3, -0.25) is 14.5 Å². The van der Waals surface area contributed by atoms with Crippen LogP contribution >= 0.6 is 11.6 Å². The van der Waals surface area contributed by atoms with Gasteiger partial charge >= 0.3 is 0 Å². The van der Waals surface area contributed by atoms with Crippen molar-refractivity contribution in [2.75, 3.05) is 18.6 Å². The molecule has 1 saturated heterocycles. The number of carbonyl (C=O) groups is 2. The maximum absolute atomic E-state index is 13.7. The van der Waals surface area contributed by atoms with Crippen LogP contribution in [0.5, 0.6) is 11.5 Å². The smallest absolute Gasteiger partial charge is 0.300 e. The van der Waals surface area contributed by atoms with Crippen molar-refractivity contribution in [2.45, 2.75) is 19.9 Å². The van der Waals surface area contributed by atoms with Crippen LogP contribution < -0.4 is 14.4 Å². The molecule has 0 spiro atoms. The normalized spacial score (nSPS) is 17.1. The van der Waals surface area contributed by atoms with Crippen molar-refractivity contribution in [3.63, 3.8) is 0 Å². The van der Waals surface area contributed by atoms with E-state index in [0.29, 0.717) is 40.8 Å². The molecule has 0 radical (unpaired) electrons. The number of rotatable bonds is 7. The summed E-state index contributed by atoms with van der Waals surface area (Å²) < 4.78 is 24.7. The zero-order valence-corrected chi connectivity index (χ0v) is 20.8. The second kappa shape index (κ2) is 10.4. The molecule has 36 heavy (non-hydrogen) atoms. The van der Waals surface area contributed by atoms with Gasteiger partial charge in [-0.15, -0.1) is 0 Å². The van der Waals surface area contributed by atoms with Crippen molar-refractivity contribution in [3.8, 4) is 11.5 Å². The van der Waals surface area contributed by atoms with Gasteiger partial charge in [0, 0.05) is 11.3 Å². The van der Waals surface area contributed by atoms with Crippen LogP contribution in [0.3, 0.4) is 0 Å².